The SMILES string of the molecule is OC1C(O)C2OC3CCC2OC31. The lowest BCUT2D eigenvalue weighted by molar-refractivity contribution is -0.347. The molecule has 0 aromatic rings. The zero-order chi connectivity index (χ0) is 8.29. The van der Waals surface area contributed by atoms with Crippen LogP contribution >= 0.6 is 0 Å². The number of fused-ring (bicyclic) bond motifs is 2. The second-order valence-corrected chi connectivity index (χ2v) is 3.84. The van der Waals surface area contributed by atoms with Crippen molar-refractivity contribution in [3.63, 3.8) is 0 Å². The average Bonchev–Trinajstić information content (AvgIpc) is 2.14. The van der Waals surface area contributed by atoms with Crippen molar-refractivity contribution in [2.45, 2.75) is 49.5 Å². The van der Waals surface area contributed by atoms with E-state index >= 15 is 0 Å². The van der Waals surface area contributed by atoms with Crippen molar-refractivity contribution in [1.29, 1.82) is 0 Å². The van der Waals surface area contributed by atoms with Crippen LogP contribution < -0.4 is 0 Å². The van der Waals surface area contributed by atoms with Gasteiger partial charge in [-0.3, -0.25) is 0 Å². The molecule has 0 aromatic heterocycles. The van der Waals surface area contributed by atoms with Gasteiger partial charge in [-0.05, 0) is 12.8 Å². The Labute approximate surface area is 70.1 Å². The van der Waals surface area contributed by atoms with E-state index in [4.69, 9.17) is 9.47 Å². The summed E-state index contributed by atoms with van der Waals surface area (Å²) >= 11 is 0. The molecule has 6 atom stereocenters. The van der Waals surface area contributed by atoms with Crippen LogP contribution in [-0.4, -0.2) is 46.8 Å². The molecular weight excluding hydrogens is 160 g/mol. The van der Waals surface area contributed by atoms with Gasteiger partial charge in [-0.1, -0.05) is 0 Å². The average molecular weight is 172 g/mol. The first-order chi connectivity index (χ1) is 5.77. The van der Waals surface area contributed by atoms with Crippen molar-refractivity contribution in [2.75, 3.05) is 0 Å². The molecule has 5 heterocycles. The van der Waals surface area contributed by atoms with Gasteiger partial charge >= 0.3 is 0 Å². The van der Waals surface area contributed by atoms with Gasteiger partial charge in [0.25, 0.3) is 0 Å². The Morgan fingerprint density at radius 2 is 1.25 bits per heavy atom. The highest BCUT2D eigenvalue weighted by atomic mass is 16.6. The fourth-order valence-electron chi connectivity index (χ4n) is 2.52. The van der Waals surface area contributed by atoms with Crippen molar-refractivity contribution in [2.24, 2.45) is 0 Å². The van der Waals surface area contributed by atoms with Crippen LogP contribution in [0.4, 0.5) is 0 Å². The Bertz CT molecular complexity index is 181. The molecule has 0 spiro atoms. The molecule has 0 amide bonds. The minimum absolute atomic E-state index is 0.0124. The Kier molecular flexibility index (Phi) is 1.33. The number of hydrogen-bond acceptors (Lipinski definition) is 4. The zero-order valence-electron chi connectivity index (χ0n) is 6.59. The second kappa shape index (κ2) is 2.20. The lowest BCUT2D eigenvalue weighted by Gasteiger charge is -2.55. The Hall–Kier alpha value is -0.160. The van der Waals surface area contributed by atoms with Crippen LogP contribution in [0, 0.1) is 0 Å². The molecule has 2 N–H and O–H groups in total. The predicted octanol–water partition coefficient (Wildman–Crippen LogP) is -0.963. The van der Waals surface area contributed by atoms with Gasteiger partial charge < -0.3 is 19.7 Å². The molecule has 12 heavy (non-hydrogen) atoms. The number of aliphatic hydroxyl groups is 2. The van der Waals surface area contributed by atoms with Gasteiger partial charge in [-0.15, -0.1) is 0 Å². The van der Waals surface area contributed by atoms with Gasteiger partial charge in [0.2, 0.25) is 0 Å². The summed E-state index contributed by atoms with van der Waals surface area (Å²) < 4.78 is 11.1. The Balaban J connectivity index is 1.95. The highest BCUT2D eigenvalue weighted by molar-refractivity contribution is 5.04. The maximum atomic E-state index is 9.53. The minimum Gasteiger partial charge on any atom is -0.387 e. The molecule has 4 nitrogen and oxygen atoms in total. The first kappa shape index (κ1) is 7.26. The molecular formula is C8H12O4. The van der Waals surface area contributed by atoms with Crippen LogP contribution in [0.2, 0.25) is 0 Å². The summed E-state index contributed by atoms with van der Waals surface area (Å²) in [5.41, 5.74) is 0. The molecule has 6 unspecified atom stereocenters. The fraction of sp³-hybridized carbons (Fsp3) is 1.00. The van der Waals surface area contributed by atoms with E-state index in [0.717, 1.165) is 12.8 Å². The van der Waals surface area contributed by atoms with E-state index in [1.807, 2.05) is 0 Å². The first-order valence-corrected chi connectivity index (χ1v) is 4.44. The van der Waals surface area contributed by atoms with E-state index in [9.17, 15) is 10.2 Å². The van der Waals surface area contributed by atoms with Gasteiger partial charge in [0.1, 0.15) is 24.4 Å². The van der Waals surface area contributed by atoms with E-state index in [0.29, 0.717) is 0 Å². The highest BCUT2D eigenvalue weighted by Gasteiger charge is 2.57. The molecule has 0 aliphatic carbocycles. The molecule has 5 aliphatic rings. The van der Waals surface area contributed by atoms with Crippen molar-refractivity contribution in [3.05, 3.63) is 0 Å². The number of rotatable bonds is 0. The molecule has 68 valence electrons. The standard InChI is InChI=1S/C8H12O4/c9-5-6(10)8-4-2-1-3(11-8)7(5)12-4/h3-10H,1-2H2. The van der Waals surface area contributed by atoms with Gasteiger partial charge in [-0.25, -0.2) is 0 Å². The van der Waals surface area contributed by atoms with Gasteiger partial charge in [-0.2, -0.15) is 0 Å². The van der Waals surface area contributed by atoms with Crippen LogP contribution in [0.15, 0.2) is 0 Å². The smallest absolute Gasteiger partial charge is 0.113 e. The summed E-state index contributed by atoms with van der Waals surface area (Å²) in [5.74, 6) is 0. The fourth-order valence-corrected chi connectivity index (χ4v) is 2.52. The van der Waals surface area contributed by atoms with Crippen LogP contribution in [0.1, 0.15) is 12.8 Å². The molecule has 5 saturated heterocycles. The second-order valence-electron chi connectivity index (χ2n) is 3.84. The minimum atomic E-state index is -0.745. The molecule has 4 heteroatoms. The van der Waals surface area contributed by atoms with Gasteiger partial charge in [0.05, 0.1) is 12.2 Å². The maximum absolute atomic E-state index is 9.53. The monoisotopic (exact) mass is 172 g/mol. The van der Waals surface area contributed by atoms with Gasteiger partial charge in [0, 0.05) is 0 Å². The van der Waals surface area contributed by atoms with Crippen LogP contribution in [0.25, 0.3) is 0 Å². The van der Waals surface area contributed by atoms with Gasteiger partial charge in [0.15, 0.2) is 0 Å². The summed E-state index contributed by atoms with van der Waals surface area (Å²) in [6.45, 7) is 0. The third-order valence-corrected chi connectivity index (χ3v) is 3.16. The van der Waals surface area contributed by atoms with E-state index < -0.39 is 12.2 Å². The van der Waals surface area contributed by atoms with Crippen molar-refractivity contribution in [1.82, 2.24) is 0 Å². The topological polar surface area (TPSA) is 58.9 Å². The molecule has 5 rings (SSSR count). The number of ether oxygens (including phenoxy) is 2. The highest BCUT2D eigenvalue weighted by Crippen LogP contribution is 2.41. The zero-order valence-corrected chi connectivity index (χ0v) is 6.59. The van der Waals surface area contributed by atoms with Crippen molar-refractivity contribution >= 4 is 0 Å². The third kappa shape index (κ3) is 0.713. The normalized spacial score (nSPS) is 62.5. The lowest BCUT2D eigenvalue weighted by atomic mass is 9.80. The molecule has 5 aliphatic heterocycles. The summed E-state index contributed by atoms with van der Waals surface area (Å²) in [6.07, 6.45) is -0.134. The third-order valence-electron chi connectivity index (χ3n) is 3.16. The molecule has 5 fully saturated rings. The first-order valence-electron chi connectivity index (χ1n) is 4.44. The number of hydrogen-bond donors (Lipinski definition) is 2. The quantitative estimate of drug-likeness (QED) is 0.494. The van der Waals surface area contributed by atoms with Crippen LogP contribution in [0.5, 0.6) is 0 Å². The molecule has 0 saturated carbocycles. The van der Waals surface area contributed by atoms with Crippen molar-refractivity contribution in [3.8, 4) is 0 Å². The summed E-state index contributed by atoms with van der Waals surface area (Å²) in [4.78, 5) is 0. The summed E-state index contributed by atoms with van der Waals surface area (Å²) in [5, 5.41) is 19.1. The van der Waals surface area contributed by atoms with E-state index in [1.165, 1.54) is 0 Å². The van der Waals surface area contributed by atoms with E-state index in [2.05, 4.69) is 0 Å². The summed E-state index contributed by atoms with van der Waals surface area (Å²) in [6, 6.07) is 0. The van der Waals surface area contributed by atoms with Crippen LogP contribution in [-0.2, 0) is 9.47 Å². The van der Waals surface area contributed by atoms with E-state index in [-0.39, 0.29) is 24.4 Å². The number of aliphatic hydroxyl groups excluding tert-OH is 2. The maximum Gasteiger partial charge on any atom is 0.113 e. The molecule has 0 radical (unpaired) electrons. The lowest BCUT2D eigenvalue weighted by Crippen LogP contribution is -2.70. The summed E-state index contributed by atoms with van der Waals surface area (Å²) in [7, 11) is 0. The Morgan fingerprint density at radius 1 is 0.833 bits per heavy atom. The van der Waals surface area contributed by atoms with Crippen molar-refractivity contribution < 1.29 is 19.7 Å². The van der Waals surface area contributed by atoms with E-state index in [1.54, 1.807) is 0 Å². The largest absolute Gasteiger partial charge is 0.387 e. The van der Waals surface area contributed by atoms with Crippen LogP contribution in [0.3, 0.4) is 0 Å². The molecule has 4 bridgehead atoms. The Morgan fingerprint density at radius 3 is 1.58 bits per heavy atom. The predicted molar refractivity (Wildman–Crippen MR) is 38.6 cm³/mol. The molecule has 0 aromatic carbocycles.